The second-order valence-corrected chi connectivity index (χ2v) is 7.33. The second kappa shape index (κ2) is 6.67. The van der Waals surface area contributed by atoms with Gasteiger partial charge in [-0.05, 0) is 38.0 Å². The molecular weight excluding hydrogens is 356 g/mol. The normalized spacial score (nSPS) is 19.4. The number of H-pyrrole nitrogens is 1. The average Bonchev–Trinajstić information content (AvgIpc) is 3.10. The Bertz CT molecular complexity index is 1110. The van der Waals surface area contributed by atoms with E-state index < -0.39 is 11.6 Å². The van der Waals surface area contributed by atoms with Crippen LogP contribution in [-0.4, -0.2) is 32.9 Å². The Morgan fingerprint density at radius 3 is 2.43 bits per heavy atom. The topological polar surface area (TPSA) is 87.2 Å². The highest BCUT2D eigenvalue weighted by molar-refractivity contribution is 6.07. The summed E-state index contributed by atoms with van der Waals surface area (Å²) in [6, 6.07) is 14.6. The average molecular weight is 378 g/mol. The molecule has 1 unspecified atom stereocenters. The van der Waals surface area contributed by atoms with Crippen LogP contribution in [-0.2, 0) is 16.9 Å². The number of hydrogen-bond acceptors (Lipinski definition) is 3. The molecule has 144 valence electrons. The maximum absolute atomic E-state index is 13.0. The number of fused-ring (bicyclic) bond motifs is 1. The van der Waals surface area contributed by atoms with Gasteiger partial charge in [-0.3, -0.25) is 14.3 Å². The highest BCUT2D eigenvalue weighted by Gasteiger charge is 2.48. The first kappa shape index (κ1) is 18.0. The Morgan fingerprint density at radius 2 is 1.68 bits per heavy atom. The van der Waals surface area contributed by atoms with E-state index in [1.54, 1.807) is 11.5 Å². The highest BCUT2D eigenvalue weighted by atomic mass is 16.2. The van der Waals surface area contributed by atoms with Crippen LogP contribution in [0.3, 0.4) is 0 Å². The summed E-state index contributed by atoms with van der Waals surface area (Å²) in [6.07, 6.45) is 0.491. The Morgan fingerprint density at radius 1 is 0.964 bits per heavy atom. The molecule has 1 saturated heterocycles. The molecule has 2 heterocycles. The first-order valence-electron chi connectivity index (χ1n) is 9.29. The molecule has 3 amide bonds. The van der Waals surface area contributed by atoms with Crippen molar-refractivity contribution < 1.29 is 9.59 Å². The molecule has 1 aliphatic heterocycles. The lowest BCUT2D eigenvalue weighted by Crippen LogP contribution is -2.41. The van der Waals surface area contributed by atoms with Crippen molar-refractivity contribution >= 4 is 23.0 Å². The van der Waals surface area contributed by atoms with E-state index in [-0.39, 0.29) is 18.1 Å². The van der Waals surface area contributed by atoms with Crippen molar-refractivity contribution in [1.29, 1.82) is 0 Å². The molecule has 0 bridgehead atoms. The van der Waals surface area contributed by atoms with Crippen molar-refractivity contribution in [2.45, 2.75) is 32.4 Å². The summed E-state index contributed by atoms with van der Waals surface area (Å²) < 4.78 is 1.63. The number of amides is 3. The SMILES string of the molecule is Cc1ccc(C2(C)NC(=O)N(CCCn3c(=O)[nH]c4ccccc43)C2=O)cc1. The lowest BCUT2D eigenvalue weighted by atomic mass is 9.91. The molecule has 1 aliphatic rings. The smallest absolute Gasteiger partial charge is 0.319 e. The number of carbonyl (C=O) groups excluding carboxylic acids is 2. The van der Waals surface area contributed by atoms with E-state index in [2.05, 4.69) is 10.3 Å². The van der Waals surface area contributed by atoms with Gasteiger partial charge in [-0.15, -0.1) is 0 Å². The van der Waals surface area contributed by atoms with Crippen molar-refractivity contribution in [3.63, 3.8) is 0 Å². The summed E-state index contributed by atoms with van der Waals surface area (Å²) in [7, 11) is 0. The fourth-order valence-electron chi connectivity index (χ4n) is 3.70. The predicted octanol–water partition coefficient (Wildman–Crippen LogP) is 2.50. The number of benzene rings is 2. The summed E-state index contributed by atoms with van der Waals surface area (Å²) in [5.74, 6) is -0.271. The summed E-state index contributed by atoms with van der Waals surface area (Å²) >= 11 is 0. The molecule has 7 nitrogen and oxygen atoms in total. The standard InChI is InChI=1S/C21H22N4O3/c1-14-8-10-15(11-9-14)21(2)18(26)25(20(28)23-21)13-5-12-24-17-7-4-3-6-16(17)22-19(24)27/h3-4,6-11H,5,12-13H2,1-2H3,(H,22,27)(H,23,28). The van der Waals surface area contributed by atoms with E-state index in [0.717, 1.165) is 22.2 Å². The molecule has 1 fully saturated rings. The van der Waals surface area contributed by atoms with E-state index in [9.17, 15) is 14.4 Å². The van der Waals surface area contributed by atoms with Crippen LogP contribution in [0.5, 0.6) is 0 Å². The molecule has 1 aromatic heterocycles. The van der Waals surface area contributed by atoms with E-state index >= 15 is 0 Å². The third-order valence-electron chi connectivity index (χ3n) is 5.35. The third-order valence-corrected chi connectivity index (χ3v) is 5.35. The number of para-hydroxylation sites is 2. The van der Waals surface area contributed by atoms with Crippen LogP contribution < -0.4 is 11.0 Å². The van der Waals surface area contributed by atoms with Crippen molar-refractivity contribution in [2.75, 3.05) is 6.54 Å². The summed E-state index contributed by atoms with van der Waals surface area (Å²) in [5, 5.41) is 2.81. The fourth-order valence-corrected chi connectivity index (χ4v) is 3.70. The van der Waals surface area contributed by atoms with Gasteiger partial charge in [-0.1, -0.05) is 42.0 Å². The zero-order valence-electron chi connectivity index (χ0n) is 15.9. The number of rotatable bonds is 5. The van der Waals surface area contributed by atoms with E-state index in [4.69, 9.17) is 0 Å². The fraction of sp³-hybridized carbons (Fsp3) is 0.286. The number of imidazole rings is 1. The minimum atomic E-state index is -1.07. The van der Waals surface area contributed by atoms with Gasteiger partial charge in [0.05, 0.1) is 11.0 Å². The maximum atomic E-state index is 13.0. The van der Waals surface area contributed by atoms with Crippen LogP contribution in [0.1, 0.15) is 24.5 Å². The van der Waals surface area contributed by atoms with Gasteiger partial charge in [-0.2, -0.15) is 0 Å². The van der Waals surface area contributed by atoms with Gasteiger partial charge >= 0.3 is 11.7 Å². The maximum Gasteiger partial charge on any atom is 0.326 e. The van der Waals surface area contributed by atoms with Gasteiger partial charge < -0.3 is 10.3 Å². The molecule has 4 rings (SSSR count). The van der Waals surface area contributed by atoms with E-state index in [1.165, 1.54) is 4.90 Å². The van der Waals surface area contributed by atoms with Crippen LogP contribution in [0.25, 0.3) is 11.0 Å². The molecule has 3 aromatic rings. The van der Waals surface area contributed by atoms with Gasteiger partial charge in [0.15, 0.2) is 0 Å². The summed E-state index contributed by atoms with van der Waals surface area (Å²) in [5.41, 5.74) is 2.17. The van der Waals surface area contributed by atoms with Gasteiger partial charge in [0.25, 0.3) is 5.91 Å². The molecule has 0 aliphatic carbocycles. The molecule has 0 radical (unpaired) electrons. The lowest BCUT2D eigenvalue weighted by Gasteiger charge is -2.22. The van der Waals surface area contributed by atoms with Crippen LogP contribution in [0.4, 0.5) is 4.79 Å². The lowest BCUT2D eigenvalue weighted by molar-refractivity contribution is -0.131. The molecule has 1 atom stereocenters. The minimum Gasteiger partial charge on any atom is -0.319 e. The van der Waals surface area contributed by atoms with Crippen LogP contribution in [0.2, 0.25) is 0 Å². The van der Waals surface area contributed by atoms with Crippen molar-refractivity contribution in [2.24, 2.45) is 0 Å². The van der Waals surface area contributed by atoms with E-state index in [0.29, 0.717) is 13.0 Å². The molecule has 2 aromatic carbocycles. The molecule has 28 heavy (non-hydrogen) atoms. The number of nitrogens with zero attached hydrogens (tertiary/aromatic N) is 2. The van der Waals surface area contributed by atoms with Gasteiger partial charge in [0, 0.05) is 13.1 Å². The minimum absolute atomic E-state index is 0.192. The van der Waals surface area contributed by atoms with Crippen LogP contribution in [0, 0.1) is 6.92 Å². The number of aryl methyl sites for hydroxylation is 2. The van der Waals surface area contributed by atoms with Gasteiger partial charge in [0.1, 0.15) is 5.54 Å². The zero-order valence-corrected chi connectivity index (χ0v) is 15.9. The molecule has 0 spiro atoms. The van der Waals surface area contributed by atoms with E-state index in [1.807, 2.05) is 55.5 Å². The first-order valence-corrected chi connectivity index (χ1v) is 9.29. The number of hydrogen-bond donors (Lipinski definition) is 2. The van der Waals surface area contributed by atoms with Crippen molar-refractivity contribution in [3.05, 3.63) is 70.1 Å². The predicted molar refractivity (Wildman–Crippen MR) is 106 cm³/mol. The zero-order chi connectivity index (χ0) is 19.9. The molecule has 0 saturated carbocycles. The summed E-state index contributed by atoms with van der Waals surface area (Å²) in [6.45, 7) is 4.36. The Hall–Kier alpha value is -3.35. The third kappa shape index (κ3) is 2.89. The highest BCUT2D eigenvalue weighted by Crippen LogP contribution is 2.29. The van der Waals surface area contributed by atoms with Crippen LogP contribution >= 0.6 is 0 Å². The molecule has 2 N–H and O–H groups in total. The number of nitrogens with one attached hydrogen (secondary N) is 2. The van der Waals surface area contributed by atoms with Gasteiger partial charge in [-0.25, -0.2) is 9.59 Å². The Balaban J connectivity index is 1.49. The first-order chi connectivity index (χ1) is 13.4. The monoisotopic (exact) mass is 378 g/mol. The van der Waals surface area contributed by atoms with Crippen LogP contribution in [0.15, 0.2) is 53.3 Å². The molecule has 7 heteroatoms. The second-order valence-electron chi connectivity index (χ2n) is 7.33. The molecular formula is C21H22N4O3. The largest absolute Gasteiger partial charge is 0.326 e. The van der Waals surface area contributed by atoms with Gasteiger partial charge in [0.2, 0.25) is 0 Å². The Labute approximate surface area is 162 Å². The number of aromatic amines is 1. The van der Waals surface area contributed by atoms with Crippen molar-refractivity contribution in [3.8, 4) is 0 Å². The summed E-state index contributed by atoms with van der Waals surface area (Å²) in [4.78, 5) is 41.6. The number of carbonyl (C=O) groups is 2. The number of imide groups is 1. The van der Waals surface area contributed by atoms with Crippen molar-refractivity contribution in [1.82, 2.24) is 19.8 Å². The quantitative estimate of drug-likeness (QED) is 0.669. The number of aromatic nitrogens is 2. The number of urea groups is 1. The Kier molecular flexibility index (Phi) is 4.30.